The number of nitrogens with zero attached hydrogens (tertiary/aromatic N) is 1. The van der Waals surface area contributed by atoms with Crippen molar-refractivity contribution in [2.24, 2.45) is 0 Å². The van der Waals surface area contributed by atoms with Gasteiger partial charge in [-0.05, 0) is 37.0 Å². The maximum Gasteiger partial charge on any atom is 0.287 e. The van der Waals surface area contributed by atoms with Gasteiger partial charge in [-0.15, -0.1) is 0 Å². The number of rotatable bonds is 10. The monoisotopic (exact) mass is 425 g/mol. The highest BCUT2D eigenvalue weighted by atomic mass is 16.3. The molecular weight excluding hydrogens is 394 g/mol. The van der Waals surface area contributed by atoms with Crippen LogP contribution in [0.3, 0.4) is 0 Å². The van der Waals surface area contributed by atoms with Crippen LogP contribution in [0, 0.1) is 0 Å². The van der Waals surface area contributed by atoms with E-state index in [0.717, 1.165) is 44.1 Å². The number of carbonyl (C=O) groups is 3. The summed E-state index contributed by atoms with van der Waals surface area (Å²) in [5.41, 5.74) is 0.764. The van der Waals surface area contributed by atoms with Gasteiger partial charge in [-0.2, -0.15) is 0 Å². The summed E-state index contributed by atoms with van der Waals surface area (Å²) < 4.78 is 5.08. The first-order chi connectivity index (χ1) is 15.1. The topological polar surface area (TPSA) is 91.7 Å². The maximum absolute atomic E-state index is 13.3. The molecule has 0 saturated heterocycles. The van der Waals surface area contributed by atoms with Crippen molar-refractivity contribution in [2.75, 3.05) is 13.1 Å². The molecule has 0 aliphatic heterocycles. The predicted octanol–water partition coefficient (Wildman–Crippen LogP) is 3.44. The van der Waals surface area contributed by atoms with E-state index in [1.807, 2.05) is 37.3 Å². The normalized spacial score (nSPS) is 14.7. The molecule has 3 rings (SSSR count). The lowest BCUT2D eigenvalue weighted by Crippen LogP contribution is -2.49. The predicted molar refractivity (Wildman–Crippen MR) is 117 cm³/mol. The molecule has 0 bridgehead atoms. The first kappa shape index (κ1) is 22.6. The van der Waals surface area contributed by atoms with Crippen LogP contribution in [0.25, 0.3) is 0 Å². The van der Waals surface area contributed by atoms with Gasteiger partial charge in [0.25, 0.3) is 5.91 Å². The second kappa shape index (κ2) is 11.3. The van der Waals surface area contributed by atoms with Gasteiger partial charge in [0, 0.05) is 12.6 Å². The van der Waals surface area contributed by atoms with Crippen LogP contribution in [0.15, 0.2) is 53.1 Å². The lowest BCUT2D eigenvalue weighted by Gasteiger charge is -2.32. The highest BCUT2D eigenvalue weighted by molar-refractivity contribution is 5.95. The summed E-state index contributed by atoms with van der Waals surface area (Å²) in [5.74, 6) is -0.782. The number of benzene rings is 1. The number of unbranched alkanes of at least 4 members (excludes halogenated alkanes) is 1. The quantitative estimate of drug-likeness (QED) is 0.610. The van der Waals surface area contributed by atoms with E-state index in [1.54, 1.807) is 11.0 Å². The molecule has 0 radical (unpaired) electrons. The van der Waals surface area contributed by atoms with Gasteiger partial charge < -0.3 is 20.0 Å². The molecule has 1 heterocycles. The van der Waals surface area contributed by atoms with Crippen molar-refractivity contribution in [3.63, 3.8) is 0 Å². The smallest absolute Gasteiger partial charge is 0.287 e. The second-order valence-electron chi connectivity index (χ2n) is 7.90. The van der Waals surface area contributed by atoms with Gasteiger partial charge in [0.1, 0.15) is 6.04 Å². The summed E-state index contributed by atoms with van der Waals surface area (Å²) >= 11 is 0. The van der Waals surface area contributed by atoms with E-state index in [0.29, 0.717) is 6.54 Å². The molecule has 7 nitrogen and oxygen atoms in total. The minimum Gasteiger partial charge on any atom is -0.459 e. The molecule has 2 N–H and O–H groups in total. The van der Waals surface area contributed by atoms with Crippen LogP contribution < -0.4 is 10.6 Å². The Morgan fingerprint density at radius 2 is 1.84 bits per heavy atom. The zero-order chi connectivity index (χ0) is 22.1. The van der Waals surface area contributed by atoms with Crippen molar-refractivity contribution in [2.45, 2.75) is 57.5 Å². The average molecular weight is 426 g/mol. The standard InChI is InChI=1S/C24H31N3O4/c1-2-3-15-27(21(28)17-25-23(29)20-14-9-16-31-20)22(18-10-5-4-6-11-18)24(30)26-19-12-7-8-13-19/h4-6,9-11,14,16,19,22H,2-3,7-8,12-13,15,17H2,1H3,(H,25,29)(H,26,30). The molecule has 1 fully saturated rings. The van der Waals surface area contributed by atoms with Crippen molar-refractivity contribution >= 4 is 17.7 Å². The summed E-state index contributed by atoms with van der Waals surface area (Å²) in [5, 5.41) is 5.75. The highest BCUT2D eigenvalue weighted by Gasteiger charge is 2.32. The number of hydrogen-bond acceptors (Lipinski definition) is 4. The van der Waals surface area contributed by atoms with Crippen molar-refractivity contribution < 1.29 is 18.8 Å². The van der Waals surface area contributed by atoms with Crippen LogP contribution in [-0.2, 0) is 9.59 Å². The molecule has 7 heteroatoms. The molecular formula is C24H31N3O4. The Balaban J connectivity index is 1.78. The average Bonchev–Trinajstić information content (AvgIpc) is 3.49. The highest BCUT2D eigenvalue weighted by Crippen LogP contribution is 2.24. The fourth-order valence-electron chi connectivity index (χ4n) is 3.94. The van der Waals surface area contributed by atoms with Gasteiger partial charge in [0.05, 0.1) is 12.8 Å². The molecule has 1 aliphatic rings. The summed E-state index contributed by atoms with van der Waals surface area (Å²) in [6.07, 6.45) is 7.20. The Kier molecular flexibility index (Phi) is 8.27. The largest absolute Gasteiger partial charge is 0.459 e. The molecule has 31 heavy (non-hydrogen) atoms. The number of carbonyl (C=O) groups excluding carboxylic acids is 3. The van der Waals surface area contributed by atoms with Gasteiger partial charge >= 0.3 is 0 Å². The zero-order valence-corrected chi connectivity index (χ0v) is 18.0. The van der Waals surface area contributed by atoms with E-state index in [9.17, 15) is 14.4 Å². The van der Waals surface area contributed by atoms with Crippen molar-refractivity contribution in [3.8, 4) is 0 Å². The van der Waals surface area contributed by atoms with E-state index in [4.69, 9.17) is 4.42 Å². The fourth-order valence-corrected chi connectivity index (χ4v) is 3.94. The van der Waals surface area contributed by atoms with E-state index in [2.05, 4.69) is 10.6 Å². The SMILES string of the molecule is CCCCN(C(=O)CNC(=O)c1ccco1)C(C(=O)NC1CCCC1)c1ccccc1. The van der Waals surface area contributed by atoms with Crippen LogP contribution in [0.5, 0.6) is 0 Å². The van der Waals surface area contributed by atoms with Gasteiger partial charge in [-0.1, -0.05) is 56.5 Å². The third-order valence-electron chi connectivity index (χ3n) is 5.59. The third-order valence-corrected chi connectivity index (χ3v) is 5.59. The van der Waals surface area contributed by atoms with Gasteiger partial charge in [0.15, 0.2) is 5.76 Å². The molecule has 3 amide bonds. The van der Waals surface area contributed by atoms with Gasteiger partial charge in [-0.3, -0.25) is 14.4 Å². The maximum atomic E-state index is 13.3. The number of amides is 3. The molecule has 0 spiro atoms. The third kappa shape index (κ3) is 6.20. The summed E-state index contributed by atoms with van der Waals surface area (Å²) in [4.78, 5) is 40.3. The molecule has 1 aliphatic carbocycles. The van der Waals surface area contributed by atoms with Crippen LogP contribution in [0.4, 0.5) is 0 Å². The first-order valence-corrected chi connectivity index (χ1v) is 11.1. The van der Waals surface area contributed by atoms with E-state index in [-0.39, 0.29) is 30.2 Å². The lowest BCUT2D eigenvalue weighted by molar-refractivity contribution is -0.140. The Hall–Kier alpha value is -3.09. The molecule has 1 unspecified atom stereocenters. The lowest BCUT2D eigenvalue weighted by atomic mass is 10.0. The van der Waals surface area contributed by atoms with Crippen LogP contribution in [0.2, 0.25) is 0 Å². The molecule has 1 atom stereocenters. The number of nitrogens with one attached hydrogen (secondary N) is 2. The molecule has 2 aromatic rings. The van der Waals surface area contributed by atoms with Crippen LogP contribution >= 0.6 is 0 Å². The molecule has 166 valence electrons. The molecule has 1 aromatic carbocycles. The summed E-state index contributed by atoms with van der Waals surface area (Å²) in [6, 6.07) is 11.9. The Morgan fingerprint density at radius 3 is 2.48 bits per heavy atom. The number of hydrogen-bond donors (Lipinski definition) is 2. The van der Waals surface area contributed by atoms with Crippen LogP contribution in [0.1, 0.15) is 67.6 Å². The summed E-state index contributed by atoms with van der Waals surface area (Å²) in [6.45, 7) is 2.27. The second-order valence-corrected chi connectivity index (χ2v) is 7.90. The van der Waals surface area contributed by atoms with E-state index in [1.165, 1.54) is 12.3 Å². The van der Waals surface area contributed by atoms with E-state index < -0.39 is 11.9 Å². The van der Waals surface area contributed by atoms with E-state index >= 15 is 0 Å². The molecule has 1 aromatic heterocycles. The fraction of sp³-hybridized carbons (Fsp3) is 0.458. The van der Waals surface area contributed by atoms with Gasteiger partial charge in [0.2, 0.25) is 11.8 Å². The van der Waals surface area contributed by atoms with Crippen molar-refractivity contribution in [3.05, 3.63) is 60.1 Å². The number of furan rings is 1. The minimum absolute atomic E-state index is 0.145. The summed E-state index contributed by atoms with van der Waals surface area (Å²) in [7, 11) is 0. The van der Waals surface area contributed by atoms with Crippen molar-refractivity contribution in [1.82, 2.24) is 15.5 Å². The van der Waals surface area contributed by atoms with Crippen LogP contribution in [-0.4, -0.2) is 41.8 Å². The Labute approximate surface area is 183 Å². The zero-order valence-electron chi connectivity index (χ0n) is 18.0. The Morgan fingerprint density at radius 1 is 1.10 bits per heavy atom. The first-order valence-electron chi connectivity index (χ1n) is 11.1. The van der Waals surface area contributed by atoms with Crippen molar-refractivity contribution in [1.29, 1.82) is 0 Å². The Bertz CT molecular complexity index is 845. The molecule has 1 saturated carbocycles. The van der Waals surface area contributed by atoms with Gasteiger partial charge in [-0.25, -0.2) is 0 Å². The minimum atomic E-state index is -0.735.